The van der Waals surface area contributed by atoms with Crippen LogP contribution in [0.2, 0.25) is 0 Å². The number of nitrogens with zero attached hydrogens (tertiary/aromatic N) is 1. The molecular formula is C29H26N2O3. The van der Waals surface area contributed by atoms with E-state index in [0.717, 1.165) is 17.4 Å². The molecule has 0 bridgehead atoms. The van der Waals surface area contributed by atoms with Crippen LogP contribution in [0.25, 0.3) is 33.3 Å². The highest BCUT2D eigenvalue weighted by Gasteiger charge is 2.11. The first-order valence-corrected chi connectivity index (χ1v) is 11.5. The molecule has 0 spiro atoms. The van der Waals surface area contributed by atoms with Gasteiger partial charge in [-0.2, -0.15) is 0 Å². The number of amides is 1. The molecule has 0 aliphatic heterocycles. The molecule has 5 heteroatoms. The highest BCUT2D eigenvalue weighted by molar-refractivity contribution is 5.94. The number of nitrogens with one attached hydrogen (secondary N) is 1. The van der Waals surface area contributed by atoms with E-state index >= 15 is 0 Å². The van der Waals surface area contributed by atoms with Gasteiger partial charge in [0.15, 0.2) is 12.2 Å². The molecular weight excluding hydrogens is 424 g/mol. The number of fused-ring (bicyclic) bond motifs is 2. The van der Waals surface area contributed by atoms with Crippen LogP contribution >= 0.6 is 0 Å². The molecule has 34 heavy (non-hydrogen) atoms. The van der Waals surface area contributed by atoms with Crippen LogP contribution in [-0.4, -0.2) is 17.5 Å². The number of hydrogen-bond donors (Lipinski definition) is 1. The molecule has 1 amide bonds. The van der Waals surface area contributed by atoms with E-state index in [1.54, 1.807) is 6.07 Å². The second-order valence-electron chi connectivity index (χ2n) is 8.48. The van der Waals surface area contributed by atoms with Gasteiger partial charge in [0.1, 0.15) is 11.3 Å². The monoisotopic (exact) mass is 450 g/mol. The van der Waals surface area contributed by atoms with E-state index in [9.17, 15) is 4.79 Å². The molecule has 1 atom stereocenters. The Kier molecular flexibility index (Phi) is 6.00. The van der Waals surface area contributed by atoms with Crippen molar-refractivity contribution in [2.75, 3.05) is 11.9 Å². The number of benzene rings is 4. The van der Waals surface area contributed by atoms with Crippen molar-refractivity contribution >= 4 is 33.5 Å². The molecule has 1 aromatic heterocycles. The Balaban J connectivity index is 1.25. The predicted molar refractivity (Wildman–Crippen MR) is 136 cm³/mol. The Hall–Kier alpha value is -4.12. The Morgan fingerprint density at radius 3 is 2.56 bits per heavy atom. The lowest BCUT2D eigenvalue weighted by molar-refractivity contribution is -0.118. The van der Waals surface area contributed by atoms with Crippen molar-refractivity contribution in [3.05, 3.63) is 90.5 Å². The van der Waals surface area contributed by atoms with Gasteiger partial charge >= 0.3 is 0 Å². The molecule has 5 rings (SSSR count). The summed E-state index contributed by atoms with van der Waals surface area (Å²) in [6, 6.07) is 27.6. The first kappa shape index (κ1) is 21.7. The standard InChI is InChI=1S/C29H26N2O3/c1-3-19(2)20-10-13-25(14-11-20)33-18-28(32)30-24-12-15-27-26(17-24)31-29(34-27)23-9-8-21-6-4-5-7-22(21)16-23/h4-17,19H,3,18H2,1-2H3,(H,30,32). The van der Waals surface area contributed by atoms with Crippen LogP contribution < -0.4 is 10.1 Å². The first-order valence-electron chi connectivity index (χ1n) is 11.5. The lowest BCUT2D eigenvalue weighted by atomic mass is 9.99. The first-order chi connectivity index (χ1) is 16.6. The lowest BCUT2D eigenvalue weighted by Crippen LogP contribution is -2.20. The molecule has 0 saturated heterocycles. The quantitative estimate of drug-likeness (QED) is 0.285. The molecule has 0 aliphatic rings. The fraction of sp³-hybridized carbons (Fsp3) is 0.172. The van der Waals surface area contributed by atoms with Gasteiger partial charge in [0, 0.05) is 11.3 Å². The van der Waals surface area contributed by atoms with Gasteiger partial charge in [-0.05, 0) is 71.1 Å². The SMILES string of the molecule is CCC(C)c1ccc(OCC(=O)Nc2ccc3oc(-c4ccc5ccccc5c4)nc3c2)cc1. The highest BCUT2D eigenvalue weighted by Crippen LogP contribution is 2.28. The van der Waals surface area contributed by atoms with Gasteiger partial charge in [-0.15, -0.1) is 0 Å². The van der Waals surface area contributed by atoms with E-state index in [-0.39, 0.29) is 12.5 Å². The Morgan fingerprint density at radius 2 is 1.76 bits per heavy atom. The number of rotatable bonds is 7. The highest BCUT2D eigenvalue weighted by atomic mass is 16.5. The molecule has 0 saturated carbocycles. The molecule has 1 unspecified atom stereocenters. The zero-order valence-electron chi connectivity index (χ0n) is 19.2. The third kappa shape index (κ3) is 4.64. The van der Waals surface area contributed by atoms with Gasteiger partial charge in [0.05, 0.1) is 0 Å². The number of carbonyl (C=O) groups excluding carboxylic acids is 1. The maximum absolute atomic E-state index is 12.4. The summed E-state index contributed by atoms with van der Waals surface area (Å²) in [7, 11) is 0. The van der Waals surface area contributed by atoms with Crippen LogP contribution in [0, 0.1) is 0 Å². The third-order valence-corrected chi connectivity index (χ3v) is 6.10. The minimum atomic E-state index is -0.233. The second kappa shape index (κ2) is 9.40. The largest absolute Gasteiger partial charge is 0.484 e. The number of aromatic nitrogens is 1. The predicted octanol–water partition coefficient (Wildman–Crippen LogP) is 7.18. The minimum Gasteiger partial charge on any atom is -0.484 e. The Morgan fingerprint density at radius 1 is 0.971 bits per heavy atom. The van der Waals surface area contributed by atoms with Gasteiger partial charge < -0.3 is 14.5 Å². The average molecular weight is 451 g/mol. The Bertz CT molecular complexity index is 1450. The number of carbonyl (C=O) groups is 1. The van der Waals surface area contributed by atoms with Crippen LogP contribution in [0.1, 0.15) is 31.7 Å². The summed E-state index contributed by atoms with van der Waals surface area (Å²) in [6.07, 6.45) is 1.09. The summed E-state index contributed by atoms with van der Waals surface area (Å²) in [5.41, 5.74) is 4.17. The molecule has 0 radical (unpaired) electrons. The van der Waals surface area contributed by atoms with E-state index < -0.39 is 0 Å². The summed E-state index contributed by atoms with van der Waals surface area (Å²) >= 11 is 0. The smallest absolute Gasteiger partial charge is 0.262 e. The third-order valence-electron chi connectivity index (χ3n) is 6.10. The molecule has 5 aromatic rings. The van der Waals surface area contributed by atoms with Crippen molar-refractivity contribution < 1.29 is 13.9 Å². The lowest BCUT2D eigenvalue weighted by Gasteiger charge is -2.11. The van der Waals surface area contributed by atoms with Crippen molar-refractivity contribution in [3.8, 4) is 17.2 Å². The average Bonchev–Trinajstić information content (AvgIpc) is 3.30. The summed E-state index contributed by atoms with van der Waals surface area (Å²) in [5.74, 6) is 1.50. The van der Waals surface area contributed by atoms with Crippen LogP contribution in [-0.2, 0) is 4.79 Å². The summed E-state index contributed by atoms with van der Waals surface area (Å²) in [6.45, 7) is 4.29. The summed E-state index contributed by atoms with van der Waals surface area (Å²) < 4.78 is 11.6. The van der Waals surface area contributed by atoms with E-state index in [1.807, 2.05) is 54.6 Å². The van der Waals surface area contributed by atoms with Crippen LogP contribution in [0.4, 0.5) is 5.69 Å². The van der Waals surface area contributed by atoms with E-state index in [1.165, 1.54) is 10.9 Å². The zero-order valence-corrected chi connectivity index (χ0v) is 19.2. The van der Waals surface area contributed by atoms with Gasteiger partial charge in [0.25, 0.3) is 5.91 Å². The molecule has 0 aliphatic carbocycles. The number of anilines is 1. The van der Waals surface area contributed by atoms with Gasteiger partial charge in [-0.3, -0.25) is 4.79 Å². The molecule has 5 nitrogen and oxygen atoms in total. The van der Waals surface area contributed by atoms with Crippen LogP contribution in [0.3, 0.4) is 0 Å². The van der Waals surface area contributed by atoms with Crippen molar-refractivity contribution in [2.45, 2.75) is 26.2 Å². The fourth-order valence-electron chi connectivity index (χ4n) is 3.93. The van der Waals surface area contributed by atoms with Gasteiger partial charge in [-0.25, -0.2) is 4.98 Å². The summed E-state index contributed by atoms with van der Waals surface area (Å²) in [4.78, 5) is 17.0. The van der Waals surface area contributed by atoms with Crippen molar-refractivity contribution in [1.82, 2.24) is 4.98 Å². The van der Waals surface area contributed by atoms with Gasteiger partial charge in [-0.1, -0.05) is 56.3 Å². The number of ether oxygens (including phenoxy) is 1. The van der Waals surface area contributed by atoms with E-state index in [4.69, 9.17) is 9.15 Å². The molecule has 1 heterocycles. The number of oxazole rings is 1. The Labute approximate surface area is 198 Å². The fourth-order valence-corrected chi connectivity index (χ4v) is 3.93. The molecule has 0 fully saturated rings. The molecule has 1 N–H and O–H groups in total. The zero-order chi connectivity index (χ0) is 23.5. The topological polar surface area (TPSA) is 64.4 Å². The number of hydrogen-bond acceptors (Lipinski definition) is 4. The van der Waals surface area contributed by atoms with Crippen molar-refractivity contribution in [1.29, 1.82) is 0 Å². The molecule has 4 aromatic carbocycles. The maximum atomic E-state index is 12.4. The van der Waals surface area contributed by atoms with Crippen molar-refractivity contribution in [2.24, 2.45) is 0 Å². The van der Waals surface area contributed by atoms with Gasteiger partial charge in [0.2, 0.25) is 5.89 Å². The van der Waals surface area contributed by atoms with E-state index in [0.29, 0.717) is 34.3 Å². The summed E-state index contributed by atoms with van der Waals surface area (Å²) in [5, 5.41) is 5.17. The van der Waals surface area contributed by atoms with Crippen LogP contribution in [0.5, 0.6) is 5.75 Å². The van der Waals surface area contributed by atoms with Crippen molar-refractivity contribution in [3.63, 3.8) is 0 Å². The van der Waals surface area contributed by atoms with E-state index in [2.05, 4.69) is 48.4 Å². The maximum Gasteiger partial charge on any atom is 0.262 e. The minimum absolute atomic E-state index is 0.0676. The molecule has 170 valence electrons. The van der Waals surface area contributed by atoms with Crippen LogP contribution in [0.15, 0.2) is 89.3 Å². The second-order valence-corrected chi connectivity index (χ2v) is 8.48. The normalized spacial score (nSPS) is 12.1.